The molecule has 116 valence electrons. The Kier molecular flexibility index (Phi) is 6.28. The van der Waals surface area contributed by atoms with Crippen LogP contribution in [0.1, 0.15) is 39.5 Å². The van der Waals surface area contributed by atoms with E-state index in [-0.39, 0.29) is 22.9 Å². The first kappa shape index (κ1) is 16.8. The molecule has 1 aliphatic rings. The summed E-state index contributed by atoms with van der Waals surface area (Å²) in [6, 6.07) is -0.647. The first-order valence-electron chi connectivity index (χ1n) is 7.16. The molecule has 1 N–H and O–H groups in total. The van der Waals surface area contributed by atoms with Gasteiger partial charge in [-0.2, -0.15) is 0 Å². The zero-order valence-electron chi connectivity index (χ0n) is 12.2. The molecule has 1 rings (SSSR count). The highest BCUT2D eigenvalue weighted by Crippen LogP contribution is 2.22. The Morgan fingerprint density at radius 3 is 2.50 bits per heavy atom. The smallest absolute Gasteiger partial charge is 0.246 e. The van der Waals surface area contributed by atoms with Crippen LogP contribution in [0, 0.1) is 20.2 Å². The minimum absolute atomic E-state index is 0.226. The van der Waals surface area contributed by atoms with Crippen LogP contribution >= 0.6 is 0 Å². The molecule has 0 aromatic heterocycles. The van der Waals surface area contributed by atoms with Gasteiger partial charge in [0.1, 0.15) is 0 Å². The topological polar surface area (TPSA) is 102 Å². The molecule has 8 nitrogen and oxygen atoms in total. The van der Waals surface area contributed by atoms with E-state index >= 15 is 0 Å². The lowest BCUT2D eigenvalue weighted by Gasteiger charge is -2.37. The maximum absolute atomic E-state index is 11.4. The highest BCUT2D eigenvalue weighted by atomic mass is 16.6. The second-order valence-electron chi connectivity index (χ2n) is 5.56. The van der Waals surface area contributed by atoms with Crippen LogP contribution in [0.5, 0.6) is 0 Å². The molecule has 0 aliphatic carbocycles. The van der Waals surface area contributed by atoms with Crippen LogP contribution in [0.3, 0.4) is 0 Å². The summed E-state index contributed by atoms with van der Waals surface area (Å²) in [7, 11) is 0. The van der Waals surface area contributed by atoms with Gasteiger partial charge in [0.2, 0.25) is 11.6 Å². The van der Waals surface area contributed by atoms with Gasteiger partial charge in [-0.25, -0.2) is 0 Å². The SMILES string of the molecule is CCCC(CN1CNCC(CCC)([N+](=O)[O-])C1)[N+](=O)[O-]. The van der Waals surface area contributed by atoms with Gasteiger partial charge in [-0.1, -0.05) is 13.8 Å². The van der Waals surface area contributed by atoms with Crippen LogP contribution in [0.25, 0.3) is 0 Å². The summed E-state index contributed by atoms with van der Waals surface area (Å²) in [5.74, 6) is 0. The van der Waals surface area contributed by atoms with E-state index in [0.717, 1.165) is 12.8 Å². The molecular weight excluding hydrogens is 264 g/mol. The number of nitro groups is 2. The van der Waals surface area contributed by atoms with Crippen molar-refractivity contribution in [3.05, 3.63) is 20.2 Å². The molecule has 0 spiro atoms. The highest BCUT2D eigenvalue weighted by Gasteiger charge is 2.46. The zero-order chi connectivity index (χ0) is 15.2. The van der Waals surface area contributed by atoms with Gasteiger partial charge in [0, 0.05) is 29.4 Å². The largest absolute Gasteiger partial charge is 0.297 e. The Morgan fingerprint density at radius 1 is 1.30 bits per heavy atom. The molecule has 2 unspecified atom stereocenters. The Labute approximate surface area is 118 Å². The Morgan fingerprint density at radius 2 is 2.00 bits per heavy atom. The van der Waals surface area contributed by atoms with E-state index < -0.39 is 11.6 Å². The number of rotatable bonds is 8. The third-order valence-corrected chi connectivity index (χ3v) is 3.80. The Balaban J connectivity index is 2.71. The molecule has 8 heteroatoms. The number of hydrogen-bond donors (Lipinski definition) is 1. The average molecular weight is 288 g/mol. The molecule has 20 heavy (non-hydrogen) atoms. The van der Waals surface area contributed by atoms with Crippen LogP contribution in [0.4, 0.5) is 0 Å². The van der Waals surface area contributed by atoms with E-state index in [1.807, 2.05) is 18.7 Å². The van der Waals surface area contributed by atoms with E-state index in [1.54, 1.807) is 0 Å². The third kappa shape index (κ3) is 4.11. The predicted molar refractivity (Wildman–Crippen MR) is 74.8 cm³/mol. The summed E-state index contributed by atoms with van der Waals surface area (Å²) < 4.78 is 0. The van der Waals surface area contributed by atoms with Crippen LogP contribution in [0.2, 0.25) is 0 Å². The number of nitrogens with zero attached hydrogens (tertiary/aromatic N) is 3. The fourth-order valence-corrected chi connectivity index (χ4v) is 2.84. The summed E-state index contributed by atoms with van der Waals surface area (Å²) in [5.41, 5.74) is -1.01. The van der Waals surface area contributed by atoms with Crippen molar-refractivity contribution >= 4 is 0 Å². The molecular formula is C12H24N4O4. The van der Waals surface area contributed by atoms with Crippen molar-refractivity contribution in [1.82, 2.24) is 10.2 Å². The van der Waals surface area contributed by atoms with E-state index in [1.165, 1.54) is 0 Å². The van der Waals surface area contributed by atoms with Crippen LogP contribution in [-0.2, 0) is 0 Å². The van der Waals surface area contributed by atoms with Crippen LogP contribution < -0.4 is 5.32 Å². The lowest BCUT2D eigenvalue weighted by molar-refractivity contribution is -0.574. The van der Waals surface area contributed by atoms with Crippen LogP contribution in [-0.4, -0.2) is 52.6 Å². The van der Waals surface area contributed by atoms with E-state index in [4.69, 9.17) is 0 Å². The fraction of sp³-hybridized carbons (Fsp3) is 1.00. The van der Waals surface area contributed by atoms with Crippen molar-refractivity contribution in [1.29, 1.82) is 0 Å². The second kappa shape index (κ2) is 7.49. The molecule has 0 saturated carbocycles. The maximum atomic E-state index is 11.4. The summed E-state index contributed by atoms with van der Waals surface area (Å²) in [6.07, 6.45) is 2.45. The average Bonchev–Trinajstić information content (AvgIpc) is 2.38. The summed E-state index contributed by atoms with van der Waals surface area (Å²) in [5, 5.41) is 25.4. The predicted octanol–water partition coefficient (Wildman–Crippen LogP) is 1.11. The Bertz CT molecular complexity index is 348. The van der Waals surface area contributed by atoms with Crippen molar-refractivity contribution in [2.45, 2.75) is 51.1 Å². The monoisotopic (exact) mass is 288 g/mol. The van der Waals surface area contributed by atoms with Gasteiger partial charge in [-0.05, 0) is 12.8 Å². The molecule has 1 heterocycles. The van der Waals surface area contributed by atoms with Gasteiger partial charge in [-0.3, -0.25) is 30.4 Å². The van der Waals surface area contributed by atoms with E-state index in [9.17, 15) is 20.2 Å². The Hall–Kier alpha value is -1.28. The molecule has 0 bridgehead atoms. The summed E-state index contributed by atoms with van der Waals surface area (Å²) in [4.78, 5) is 23.7. The maximum Gasteiger partial charge on any atom is 0.246 e. The van der Waals surface area contributed by atoms with Gasteiger partial charge in [-0.15, -0.1) is 0 Å². The quantitative estimate of drug-likeness (QED) is 0.530. The molecule has 1 aliphatic heterocycles. The third-order valence-electron chi connectivity index (χ3n) is 3.80. The van der Waals surface area contributed by atoms with Crippen LogP contribution in [0.15, 0.2) is 0 Å². The second-order valence-corrected chi connectivity index (χ2v) is 5.56. The first-order valence-corrected chi connectivity index (χ1v) is 7.16. The lowest BCUT2D eigenvalue weighted by Crippen LogP contribution is -2.63. The zero-order valence-corrected chi connectivity index (χ0v) is 12.2. The lowest BCUT2D eigenvalue weighted by atomic mass is 9.92. The summed E-state index contributed by atoms with van der Waals surface area (Å²) >= 11 is 0. The van der Waals surface area contributed by atoms with Gasteiger partial charge in [0.15, 0.2) is 0 Å². The van der Waals surface area contributed by atoms with E-state index in [0.29, 0.717) is 26.1 Å². The van der Waals surface area contributed by atoms with Crippen molar-refractivity contribution in [2.75, 3.05) is 26.3 Å². The number of nitrogens with one attached hydrogen (secondary N) is 1. The highest BCUT2D eigenvalue weighted by molar-refractivity contribution is 4.89. The first-order chi connectivity index (χ1) is 9.45. The van der Waals surface area contributed by atoms with Crippen molar-refractivity contribution in [3.8, 4) is 0 Å². The molecule has 1 saturated heterocycles. The fourth-order valence-electron chi connectivity index (χ4n) is 2.84. The summed E-state index contributed by atoms with van der Waals surface area (Å²) in [6.45, 7) is 5.20. The van der Waals surface area contributed by atoms with E-state index in [2.05, 4.69) is 5.32 Å². The van der Waals surface area contributed by atoms with Gasteiger partial charge in [0.05, 0.1) is 19.6 Å². The molecule has 0 aromatic rings. The minimum Gasteiger partial charge on any atom is -0.297 e. The molecule has 2 atom stereocenters. The number of hydrogen-bond acceptors (Lipinski definition) is 6. The van der Waals surface area contributed by atoms with Gasteiger partial charge >= 0.3 is 0 Å². The van der Waals surface area contributed by atoms with Gasteiger partial charge < -0.3 is 0 Å². The molecule has 0 aromatic carbocycles. The molecule has 1 fully saturated rings. The molecule has 0 amide bonds. The standard InChI is InChI=1S/C12H24N4O4/c1-3-5-11(15(17)18)7-14-9-12(6-4-2,16(19)20)8-13-10-14/h11,13H,3-10H2,1-2H3. The minimum atomic E-state index is -1.01. The van der Waals surface area contributed by atoms with Crippen molar-refractivity contribution in [2.24, 2.45) is 0 Å². The van der Waals surface area contributed by atoms with Crippen molar-refractivity contribution < 1.29 is 9.85 Å². The van der Waals surface area contributed by atoms with Gasteiger partial charge in [0.25, 0.3) is 0 Å². The van der Waals surface area contributed by atoms with Crippen molar-refractivity contribution in [3.63, 3.8) is 0 Å². The molecule has 0 radical (unpaired) electrons. The normalized spacial score (nSPS) is 25.3.